The van der Waals surface area contributed by atoms with Crippen LogP contribution in [-0.2, 0) is 12.5 Å². The summed E-state index contributed by atoms with van der Waals surface area (Å²) in [6, 6.07) is 6.23. The fourth-order valence-corrected chi connectivity index (χ4v) is 2.10. The molecule has 0 unspecified atom stereocenters. The van der Waals surface area contributed by atoms with Gasteiger partial charge in [0, 0.05) is 24.4 Å². The van der Waals surface area contributed by atoms with Gasteiger partial charge >= 0.3 is 0 Å². The van der Waals surface area contributed by atoms with Gasteiger partial charge in [-0.1, -0.05) is 32.9 Å². The third-order valence-corrected chi connectivity index (χ3v) is 3.01. The van der Waals surface area contributed by atoms with E-state index in [2.05, 4.69) is 44.0 Å². The molecule has 0 spiro atoms. The van der Waals surface area contributed by atoms with Gasteiger partial charge in [-0.05, 0) is 11.5 Å². The van der Waals surface area contributed by atoms with Crippen molar-refractivity contribution in [2.45, 2.75) is 26.2 Å². The minimum Gasteiger partial charge on any atom is -0.496 e. The van der Waals surface area contributed by atoms with Crippen LogP contribution in [-0.4, -0.2) is 16.7 Å². The second kappa shape index (κ2) is 4.48. The maximum Gasteiger partial charge on any atom is 0.132 e. The van der Waals surface area contributed by atoms with Crippen LogP contribution in [0.1, 0.15) is 26.3 Å². The molecule has 0 aliphatic carbocycles. The summed E-state index contributed by atoms with van der Waals surface area (Å²) in [5.41, 5.74) is 3.25. The van der Waals surface area contributed by atoms with Crippen LogP contribution in [0.3, 0.4) is 0 Å². The van der Waals surface area contributed by atoms with Gasteiger partial charge in [0.15, 0.2) is 0 Å². The van der Waals surface area contributed by atoms with Gasteiger partial charge in [0.25, 0.3) is 0 Å². The summed E-state index contributed by atoms with van der Waals surface area (Å²) in [7, 11) is 3.69. The van der Waals surface area contributed by atoms with E-state index in [4.69, 9.17) is 4.74 Å². The molecule has 0 bridgehead atoms. The molecule has 0 radical (unpaired) electrons. The average molecular weight is 244 g/mol. The van der Waals surface area contributed by atoms with E-state index in [0.29, 0.717) is 0 Å². The van der Waals surface area contributed by atoms with Gasteiger partial charge in [-0.3, -0.25) is 0 Å². The molecule has 1 aromatic carbocycles. The van der Waals surface area contributed by atoms with Gasteiger partial charge in [-0.2, -0.15) is 0 Å². The fraction of sp³-hybridized carbons (Fsp3) is 0.400. The molecule has 0 fully saturated rings. The largest absolute Gasteiger partial charge is 0.496 e. The third kappa shape index (κ3) is 2.26. The van der Waals surface area contributed by atoms with E-state index in [1.165, 1.54) is 5.56 Å². The van der Waals surface area contributed by atoms with E-state index in [-0.39, 0.29) is 5.41 Å². The number of para-hydroxylation sites is 1. The van der Waals surface area contributed by atoms with E-state index >= 15 is 0 Å². The number of rotatable bonds is 2. The molecular weight excluding hydrogens is 224 g/mol. The number of methoxy groups -OCH3 is 1. The summed E-state index contributed by atoms with van der Waals surface area (Å²) in [6.07, 6.45) is 3.81. The highest BCUT2D eigenvalue weighted by molar-refractivity contribution is 5.69. The Labute approximate surface area is 108 Å². The normalized spacial score (nSPS) is 11.6. The van der Waals surface area contributed by atoms with Crippen LogP contribution in [0.5, 0.6) is 5.75 Å². The second-order valence-corrected chi connectivity index (χ2v) is 5.56. The van der Waals surface area contributed by atoms with E-state index in [1.54, 1.807) is 13.4 Å². The number of benzene rings is 1. The molecule has 1 heterocycles. The maximum atomic E-state index is 5.62. The van der Waals surface area contributed by atoms with Gasteiger partial charge in [0.1, 0.15) is 5.75 Å². The zero-order chi connectivity index (χ0) is 13.3. The summed E-state index contributed by atoms with van der Waals surface area (Å²) in [4.78, 5) is 4.40. The zero-order valence-electron chi connectivity index (χ0n) is 11.7. The van der Waals surface area contributed by atoms with Crippen molar-refractivity contribution in [3.8, 4) is 17.0 Å². The van der Waals surface area contributed by atoms with Crippen molar-refractivity contribution in [3.63, 3.8) is 0 Å². The topological polar surface area (TPSA) is 27.1 Å². The first-order valence-electron chi connectivity index (χ1n) is 6.09. The Morgan fingerprint density at radius 3 is 2.44 bits per heavy atom. The Morgan fingerprint density at radius 2 is 1.94 bits per heavy atom. The lowest BCUT2D eigenvalue weighted by molar-refractivity contribution is 0.399. The highest BCUT2D eigenvalue weighted by Gasteiger charge is 2.21. The molecule has 0 saturated carbocycles. The summed E-state index contributed by atoms with van der Waals surface area (Å²) < 4.78 is 7.56. The standard InChI is InChI=1S/C15H20N2O/c1-15(2,3)12-8-6-7-11(14(12)18-5)13-9-17(4)10-16-13/h6-10H,1-5H3. The number of hydrogen-bond acceptors (Lipinski definition) is 2. The smallest absolute Gasteiger partial charge is 0.132 e. The SMILES string of the molecule is COc1c(-c2cn(C)cn2)cccc1C(C)(C)C. The summed E-state index contributed by atoms with van der Waals surface area (Å²) in [6.45, 7) is 6.56. The van der Waals surface area contributed by atoms with Crippen molar-refractivity contribution in [2.24, 2.45) is 7.05 Å². The Kier molecular flexibility index (Phi) is 3.16. The van der Waals surface area contributed by atoms with Gasteiger partial charge in [0.2, 0.25) is 0 Å². The lowest BCUT2D eigenvalue weighted by atomic mass is 9.85. The molecule has 18 heavy (non-hydrogen) atoms. The van der Waals surface area contributed by atoms with Gasteiger partial charge in [-0.15, -0.1) is 0 Å². The number of nitrogens with zero attached hydrogens (tertiary/aromatic N) is 2. The minimum absolute atomic E-state index is 0.0517. The fourth-order valence-electron chi connectivity index (χ4n) is 2.10. The van der Waals surface area contributed by atoms with Crippen molar-refractivity contribution >= 4 is 0 Å². The summed E-state index contributed by atoms with van der Waals surface area (Å²) in [5.74, 6) is 0.920. The van der Waals surface area contributed by atoms with Crippen LogP contribution in [0.25, 0.3) is 11.3 Å². The Morgan fingerprint density at radius 1 is 1.22 bits per heavy atom. The number of imidazole rings is 1. The Hall–Kier alpha value is -1.77. The quantitative estimate of drug-likeness (QED) is 0.809. The third-order valence-electron chi connectivity index (χ3n) is 3.01. The lowest BCUT2D eigenvalue weighted by Gasteiger charge is -2.23. The molecule has 0 amide bonds. The number of hydrogen-bond donors (Lipinski definition) is 0. The van der Waals surface area contributed by atoms with Gasteiger partial charge in [-0.25, -0.2) is 4.98 Å². The van der Waals surface area contributed by atoms with E-state index in [0.717, 1.165) is 17.0 Å². The lowest BCUT2D eigenvalue weighted by Crippen LogP contribution is -2.13. The van der Waals surface area contributed by atoms with E-state index in [9.17, 15) is 0 Å². The molecule has 0 saturated heterocycles. The predicted octanol–water partition coefficient (Wildman–Crippen LogP) is 3.39. The second-order valence-electron chi connectivity index (χ2n) is 5.56. The first kappa shape index (κ1) is 12.7. The van der Waals surface area contributed by atoms with Crippen LogP contribution in [0, 0.1) is 0 Å². The van der Waals surface area contributed by atoms with Crippen molar-refractivity contribution in [3.05, 3.63) is 36.3 Å². The van der Waals surface area contributed by atoms with E-state index < -0.39 is 0 Å². The van der Waals surface area contributed by atoms with Crippen molar-refractivity contribution < 1.29 is 4.74 Å². The number of aromatic nitrogens is 2. The molecule has 1 aromatic heterocycles. The minimum atomic E-state index is 0.0517. The monoisotopic (exact) mass is 244 g/mol. The predicted molar refractivity (Wildman–Crippen MR) is 73.9 cm³/mol. The van der Waals surface area contributed by atoms with Crippen molar-refractivity contribution in [1.29, 1.82) is 0 Å². The van der Waals surface area contributed by atoms with Crippen LogP contribution in [0.15, 0.2) is 30.7 Å². The van der Waals surface area contributed by atoms with Crippen LogP contribution in [0.2, 0.25) is 0 Å². The first-order chi connectivity index (χ1) is 8.43. The number of ether oxygens (including phenoxy) is 1. The Bertz CT molecular complexity index is 550. The maximum absolute atomic E-state index is 5.62. The molecule has 2 aromatic rings. The van der Waals surface area contributed by atoms with Crippen LogP contribution < -0.4 is 4.74 Å². The molecule has 0 aliphatic rings. The molecule has 0 N–H and O–H groups in total. The van der Waals surface area contributed by atoms with Crippen molar-refractivity contribution in [1.82, 2.24) is 9.55 Å². The van der Waals surface area contributed by atoms with E-state index in [1.807, 2.05) is 17.8 Å². The zero-order valence-corrected chi connectivity index (χ0v) is 11.7. The van der Waals surface area contributed by atoms with Gasteiger partial charge < -0.3 is 9.30 Å². The average Bonchev–Trinajstić information content (AvgIpc) is 2.73. The molecule has 2 rings (SSSR count). The molecule has 3 nitrogen and oxygen atoms in total. The van der Waals surface area contributed by atoms with Crippen molar-refractivity contribution in [2.75, 3.05) is 7.11 Å². The Balaban J connectivity index is 2.62. The molecule has 3 heteroatoms. The summed E-state index contributed by atoms with van der Waals surface area (Å²) in [5, 5.41) is 0. The molecule has 0 atom stereocenters. The molecule has 0 aliphatic heterocycles. The molecular formula is C15H20N2O. The highest BCUT2D eigenvalue weighted by Crippen LogP contribution is 2.38. The van der Waals surface area contributed by atoms with Gasteiger partial charge in [0.05, 0.1) is 19.1 Å². The summed E-state index contributed by atoms with van der Waals surface area (Å²) >= 11 is 0. The highest BCUT2D eigenvalue weighted by atomic mass is 16.5. The molecule has 96 valence electrons. The van der Waals surface area contributed by atoms with Crippen LogP contribution >= 0.6 is 0 Å². The van der Waals surface area contributed by atoms with Crippen LogP contribution in [0.4, 0.5) is 0 Å². The number of aryl methyl sites for hydroxylation is 1. The first-order valence-corrected chi connectivity index (χ1v) is 6.09.